The van der Waals surface area contributed by atoms with E-state index in [1.807, 2.05) is 29.6 Å². The lowest BCUT2D eigenvalue weighted by Crippen LogP contribution is -2.49. The van der Waals surface area contributed by atoms with Gasteiger partial charge in [0.15, 0.2) is 0 Å². The quantitative estimate of drug-likeness (QED) is 0.237. The van der Waals surface area contributed by atoms with Gasteiger partial charge in [0, 0.05) is 17.8 Å². The lowest BCUT2D eigenvalue weighted by molar-refractivity contribution is -0.133. The van der Waals surface area contributed by atoms with E-state index in [9.17, 15) is 18.4 Å². The minimum atomic E-state index is -4.14. The van der Waals surface area contributed by atoms with Gasteiger partial charge in [0.1, 0.15) is 11.8 Å². The zero-order valence-electron chi connectivity index (χ0n) is 18.6. The molecule has 9 nitrogen and oxygen atoms in total. The summed E-state index contributed by atoms with van der Waals surface area (Å²) in [6.07, 6.45) is 1.76. The first-order valence-electron chi connectivity index (χ1n) is 10.4. The third-order valence-electron chi connectivity index (χ3n) is 5.34. The summed E-state index contributed by atoms with van der Waals surface area (Å²) in [5, 5.41) is 15.1. The number of amides is 1. The summed E-state index contributed by atoms with van der Waals surface area (Å²) in [6.45, 7) is -0.0843. The van der Waals surface area contributed by atoms with Crippen molar-refractivity contribution < 1.29 is 23.2 Å². The number of aromatic nitrogens is 2. The Kier molecular flexibility index (Phi) is 7.88. The van der Waals surface area contributed by atoms with Crippen molar-refractivity contribution in [3.05, 3.63) is 82.7 Å². The van der Waals surface area contributed by atoms with Crippen LogP contribution in [0.2, 0.25) is 0 Å². The van der Waals surface area contributed by atoms with E-state index in [0.717, 1.165) is 19.6 Å². The molecule has 0 aliphatic carbocycles. The molecule has 4 aromatic rings. The highest BCUT2D eigenvalue weighted by atomic mass is 32.2. The minimum absolute atomic E-state index is 0.00701. The van der Waals surface area contributed by atoms with E-state index >= 15 is 0 Å². The Morgan fingerprint density at radius 3 is 2.46 bits per heavy atom. The highest BCUT2D eigenvalue weighted by Crippen LogP contribution is 2.27. The number of thiophene rings is 1. The van der Waals surface area contributed by atoms with Gasteiger partial charge in [0.25, 0.3) is 5.91 Å². The number of hydroxylamine groups is 1. The Morgan fingerprint density at radius 2 is 1.89 bits per heavy atom. The molecular formula is C23H22N4O5S3. The van der Waals surface area contributed by atoms with Crippen molar-refractivity contribution in [2.75, 3.05) is 7.11 Å². The van der Waals surface area contributed by atoms with Crippen LogP contribution in [0.25, 0.3) is 10.4 Å². The van der Waals surface area contributed by atoms with Crippen LogP contribution in [0.1, 0.15) is 10.4 Å². The summed E-state index contributed by atoms with van der Waals surface area (Å²) in [4.78, 5) is 14.5. The number of hydrogen-bond acceptors (Lipinski definition) is 9. The SMILES string of the molecule is COc1ccc(S(=O)(=O)N(Cc2ccc(-c3cnns3)cc2)[C@H](Cc2cccs2)C(=O)NO)cc1. The lowest BCUT2D eigenvalue weighted by Gasteiger charge is -2.29. The lowest BCUT2D eigenvalue weighted by atomic mass is 10.1. The molecule has 2 aromatic carbocycles. The second kappa shape index (κ2) is 11.1. The fraction of sp³-hybridized carbons (Fsp3) is 0.174. The van der Waals surface area contributed by atoms with Crippen LogP contribution in [0.4, 0.5) is 0 Å². The molecule has 2 aromatic heterocycles. The van der Waals surface area contributed by atoms with Crippen LogP contribution >= 0.6 is 22.9 Å². The van der Waals surface area contributed by atoms with Gasteiger partial charge in [-0.15, -0.1) is 16.4 Å². The Morgan fingerprint density at radius 1 is 1.14 bits per heavy atom. The number of rotatable bonds is 10. The van der Waals surface area contributed by atoms with E-state index in [1.165, 1.54) is 42.1 Å². The number of carbonyl (C=O) groups is 1. The minimum Gasteiger partial charge on any atom is -0.497 e. The van der Waals surface area contributed by atoms with Crippen LogP contribution in [0, 0.1) is 0 Å². The number of ether oxygens (including phenoxy) is 1. The molecule has 0 unspecified atom stereocenters. The number of methoxy groups -OCH3 is 1. The van der Waals surface area contributed by atoms with E-state index in [1.54, 1.807) is 35.9 Å². The number of nitrogens with zero attached hydrogens (tertiary/aromatic N) is 3. The Balaban J connectivity index is 1.73. The standard InChI is InChI=1S/C23H22N4O5S3/c1-32-18-8-10-20(11-9-18)35(30,31)27(21(23(28)25-29)13-19-3-2-12-33-19)15-16-4-6-17(7-5-16)22-14-24-26-34-22/h2-12,14,21,29H,13,15H2,1H3,(H,25,28)/t21-/m1/s1. The fourth-order valence-corrected chi connectivity index (χ4v) is 6.35. The summed E-state index contributed by atoms with van der Waals surface area (Å²) in [6, 6.07) is 15.7. The molecule has 12 heteroatoms. The van der Waals surface area contributed by atoms with E-state index in [4.69, 9.17) is 4.74 Å². The monoisotopic (exact) mass is 530 g/mol. The molecule has 182 valence electrons. The molecule has 0 bridgehead atoms. The molecule has 1 amide bonds. The maximum atomic E-state index is 13.8. The van der Waals surface area contributed by atoms with Gasteiger partial charge in [-0.3, -0.25) is 10.0 Å². The molecule has 0 fully saturated rings. The third kappa shape index (κ3) is 5.74. The largest absolute Gasteiger partial charge is 0.497 e. The second-order valence-electron chi connectivity index (χ2n) is 7.48. The maximum Gasteiger partial charge on any atom is 0.262 e. The van der Waals surface area contributed by atoms with Crippen molar-refractivity contribution in [3.8, 4) is 16.2 Å². The average Bonchev–Trinajstić information content (AvgIpc) is 3.61. The smallest absolute Gasteiger partial charge is 0.262 e. The number of nitrogens with one attached hydrogen (secondary N) is 1. The maximum absolute atomic E-state index is 13.8. The molecule has 4 rings (SSSR count). The topological polar surface area (TPSA) is 122 Å². The summed E-state index contributed by atoms with van der Waals surface area (Å²) in [5.74, 6) is -0.310. The predicted octanol–water partition coefficient (Wildman–Crippen LogP) is 3.58. The molecular weight excluding hydrogens is 508 g/mol. The van der Waals surface area contributed by atoms with Crippen molar-refractivity contribution in [2.45, 2.75) is 23.9 Å². The van der Waals surface area contributed by atoms with Gasteiger partial charge in [-0.05, 0) is 58.4 Å². The van der Waals surface area contributed by atoms with Crippen molar-refractivity contribution in [1.82, 2.24) is 19.4 Å². The summed E-state index contributed by atoms with van der Waals surface area (Å²) >= 11 is 2.66. The van der Waals surface area contributed by atoms with Crippen molar-refractivity contribution in [2.24, 2.45) is 0 Å². The van der Waals surface area contributed by atoms with Gasteiger partial charge < -0.3 is 4.74 Å². The van der Waals surface area contributed by atoms with E-state index in [-0.39, 0.29) is 17.9 Å². The molecule has 2 N–H and O–H groups in total. The van der Waals surface area contributed by atoms with Crippen molar-refractivity contribution in [3.63, 3.8) is 0 Å². The first kappa shape index (κ1) is 24.9. The van der Waals surface area contributed by atoms with Gasteiger partial charge in [0.05, 0.1) is 23.1 Å². The highest BCUT2D eigenvalue weighted by molar-refractivity contribution is 7.89. The molecule has 0 saturated carbocycles. The van der Waals surface area contributed by atoms with Crippen LogP contribution in [0.5, 0.6) is 5.75 Å². The molecule has 0 saturated heterocycles. The van der Waals surface area contributed by atoms with Crippen LogP contribution < -0.4 is 10.2 Å². The molecule has 0 aliphatic rings. The zero-order chi connectivity index (χ0) is 24.8. The average molecular weight is 531 g/mol. The molecule has 0 spiro atoms. The van der Waals surface area contributed by atoms with Crippen molar-refractivity contribution >= 4 is 38.8 Å². The first-order valence-corrected chi connectivity index (χ1v) is 13.5. The van der Waals surface area contributed by atoms with Crippen LogP contribution in [0.3, 0.4) is 0 Å². The second-order valence-corrected chi connectivity index (χ2v) is 11.2. The van der Waals surface area contributed by atoms with Crippen molar-refractivity contribution in [1.29, 1.82) is 0 Å². The predicted molar refractivity (Wildman–Crippen MR) is 133 cm³/mol. The molecule has 0 radical (unpaired) electrons. The molecule has 35 heavy (non-hydrogen) atoms. The van der Waals surface area contributed by atoms with Gasteiger partial charge in [-0.1, -0.05) is 34.8 Å². The number of benzene rings is 2. The van der Waals surface area contributed by atoms with Crippen LogP contribution in [0.15, 0.2) is 77.1 Å². The van der Waals surface area contributed by atoms with Crippen LogP contribution in [-0.2, 0) is 27.8 Å². The van der Waals surface area contributed by atoms with Crippen LogP contribution in [-0.4, -0.2) is 46.6 Å². The molecule has 0 aliphatic heterocycles. The summed E-state index contributed by atoms with van der Waals surface area (Å²) in [5.41, 5.74) is 3.21. The number of sulfonamides is 1. The van der Waals surface area contributed by atoms with Gasteiger partial charge in [0.2, 0.25) is 10.0 Å². The zero-order valence-corrected chi connectivity index (χ0v) is 21.0. The molecule has 2 heterocycles. The number of hydrogen-bond donors (Lipinski definition) is 2. The van der Waals surface area contributed by atoms with Gasteiger partial charge in [-0.2, -0.15) is 4.31 Å². The Labute approximate surface area is 210 Å². The summed E-state index contributed by atoms with van der Waals surface area (Å²) < 4.78 is 37.7. The normalized spacial score (nSPS) is 12.4. The fourth-order valence-electron chi connectivity index (χ4n) is 3.51. The van der Waals surface area contributed by atoms with E-state index in [2.05, 4.69) is 9.59 Å². The highest BCUT2D eigenvalue weighted by Gasteiger charge is 2.36. The summed E-state index contributed by atoms with van der Waals surface area (Å²) in [7, 11) is -2.65. The van der Waals surface area contributed by atoms with Gasteiger partial charge >= 0.3 is 0 Å². The molecule has 1 atom stereocenters. The van der Waals surface area contributed by atoms with E-state index in [0.29, 0.717) is 11.3 Å². The third-order valence-corrected chi connectivity index (χ3v) is 8.82. The number of carbonyl (C=O) groups excluding carboxylic acids is 1. The van der Waals surface area contributed by atoms with Gasteiger partial charge in [-0.25, -0.2) is 13.9 Å². The first-order chi connectivity index (χ1) is 16.9. The Bertz CT molecular complexity index is 1340. The van der Waals surface area contributed by atoms with E-state index < -0.39 is 22.0 Å². The Hall–Kier alpha value is -3.16.